The molecule has 184 valence electrons. The van der Waals surface area contributed by atoms with Gasteiger partial charge in [-0.1, -0.05) is 32.1 Å². The van der Waals surface area contributed by atoms with Crippen LogP contribution in [0.5, 0.6) is 0 Å². The van der Waals surface area contributed by atoms with Crippen LogP contribution in [0.2, 0.25) is 57.0 Å². The second kappa shape index (κ2) is 15.5. The molecule has 0 saturated carbocycles. The first-order chi connectivity index (χ1) is 14.2. The first-order valence-electron chi connectivity index (χ1n) is 11.7. The molecule has 0 aromatic heterocycles. The summed E-state index contributed by atoms with van der Waals surface area (Å²) >= 11 is 0. The number of hydrogen-bond acceptors (Lipinski definition) is 4. The van der Waals surface area contributed by atoms with Gasteiger partial charge >= 0.3 is 5.97 Å². The molecule has 0 aromatic rings. The van der Waals surface area contributed by atoms with Crippen molar-refractivity contribution in [1.82, 2.24) is 0 Å². The van der Waals surface area contributed by atoms with Crippen molar-refractivity contribution < 1.29 is 18.4 Å². The van der Waals surface area contributed by atoms with Gasteiger partial charge in [-0.2, -0.15) is 0 Å². The molecular weight excluding hydrogens is 474 g/mol. The summed E-state index contributed by atoms with van der Waals surface area (Å²) < 4.78 is 18.1. The van der Waals surface area contributed by atoms with Gasteiger partial charge in [-0.3, -0.25) is 0 Å². The van der Waals surface area contributed by atoms with Gasteiger partial charge in [0, 0.05) is 25.9 Å². The van der Waals surface area contributed by atoms with E-state index in [1.54, 1.807) is 6.92 Å². The molecule has 3 atom stereocenters. The topological polar surface area (TPSA) is 44.8 Å². The number of ether oxygens (including phenoxy) is 2. The Balaban J connectivity index is 4.30. The molecule has 0 aliphatic rings. The Bertz CT molecular complexity index is 543. The van der Waals surface area contributed by atoms with Gasteiger partial charge in [0.1, 0.15) is 6.61 Å². The van der Waals surface area contributed by atoms with Crippen molar-refractivity contribution in [2.24, 2.45) is 0 Å². The highest BCUT2D eigenvalue weighted by molar-refractivity contribution is 7.38. The maximum atomic E-state index is 11.6. The summed E-state index contributed by atoms with van der Waals surface area (Å²) in [6.07, 6.45) is 3.85. The van der Waals surface area contributed by atoms with E-state index in [4.69, 9.17) is 13.6 Å². The van der Waals surface area contributed by atoms with Crippen molar-refractivity contribution in [1.29, 1.82) is 0 Å². The largest absolute Gasteiger partial charge is 0.462 e. The Morgan fingerprint density at radius 3 is 2.16 bits per heavy atom. The van der Waals surface area contributed by atoms with Crippen molar-refractivity contribution >= 4 is 47.8 Å². The SMILES string of the molecule is C=C(C)C(=O)OCC(COCCC[Si](C)(C)O[Si](C)(C)C[Si](C)(C)CCCPC)PC. The van der Waals surface area contributed by atoms with Crippen molar-refractivity contribution in [2.45, 2.75) is 82.5 Å². The minimum atomic E-state index is -1.68. The number of esters is 1. The summed E-state index contributed by atoms with van der Waals surface area (Å²) in [6, 6.07) is 2.59. The standard InChI is InChI=1S/C22H50O4P2Si3/c1-20(2)22(23)25-18-21(28-4)17-24-13-11-16-30(7,8)26-31(9,10)19-29(5,6)15-12-14-27-3/h21,27-28H,1,11-19H2,2-10H3. The van der Waals surface area contributed by atoms with E-state index in [9.17, 15) is 4.79 Å². The van der Waals surface area contributed by atoms with Gasteiger partial charge in [-0.25, -0.2) is 4.79 Å². The van der Waals surface area contributed by atoms with Gasteiger partial charge in [-0.15, -0.1) is 17.2 Å². The maximum absolute atomic E-state index is 11.6. The molecule has 0 amide bonds. The zero-order valence-electron chi connectivity index (χ0n) is 21.8. The van der Waals surface area contributed by atoms with E-state index in [1.807, 2.05) is 0 Å². The monoisotopic (exact) mass is 524 g/mol. The third kappa shape index (κ3) is 16.8. The van der Waals surface area contributed by atoms with E-state index < -0.39 is 24.7 Å². The fourth-order valence-electron chi connectivity index (χ4n) is 4.16. The van der Waals surface area contributed by atoms with Crippen molar-refractivity contribution in [3.63, 3.8) is 0 Å². The van der Waals surface area contributed by atoms with Gasteiger partial charge in [0.25, 0.3) is 0 Å². The molecule has 4 nitrogen and oxygen atoms in total. The number of hydrogen-bond donors (Lipinski definition) is 0. The quantitative estimate of drug-likeness (QED) is 0.0669. The zero-order chi connectivity index (χ0) is 24.1. The van der Waals surface area contributed by atoms with E-state index in [0.717, 1.165) is 27.7 Å². The summed E-state index contributed by atoms with van der Waals surface area (Å²) in [4.78, 5) is 11.6. The Hall–Kier alpha value is 0.641. The van der Waals surface area contributed by atoms with Crippen LogP contribution in [0, 0.1) is 0 Å². The molecule has 31 heavy (non-hydrogen) atoms. The lowest BCUT2D eigenvalue weighted by atomic mass is 10.3. The Kier molecular flexibility index (Phi) is 15.8. The minimum Gasteiger partial charge on any atom is -0.462 e. The van der Waals surface area contributed by atoms with E-state index in [1.165, 1.54) is 24.3 Å². The summed E-state index contributed by atoms with van der Waals surface area (Å²) in [5.74, 6) is -0.308. The molecular formula is C22H50O4P2Si3. The minimum absolute atomic E-state index is 0.275. The molecule has 0 aliphatic heterocycles. The molecule has 0 rings (SSSR count). The molecule has 0 aliphatic carbocycles. The molecule has 0 saturated heterocycles. The molecule has 0 N–H and O–H groups in total. The highest BCUT2D eigenvalue weighted by Gasteiger charge is 2.37. The van der Waals surface area contributed by atoms with Crippen LogP contribution in [0.15, 0.2) is 12.2 Å². The number of carbonyl (C=O) groups is 1. The highest BCUT2D eigenvalue weighted by Crippen LogP contribution is 2.30. The van der Waals surface area contributed by atoms with Crippen LogP contribution in [0.4, 0.5) is 0 Å². The molecule has 0 fully saturated rings. The molecule has 0 bridgehead atoms. The highest BCUT2D eigenvalue weighted by atomic mass is 31.1. The molecule has 3 unspecified atom stereocenters. The summed E-state index contributed by atoms with van der Waals surface area (Å²) in [7, 11) is -2.68. The third-order valence-corrected chi connectivity index (χ3v) is 22.2. The van der Waals surface area contributed by atoms with Crippen LogP contribution in [-0.2, 0) is 18.4 Å². The molecule has 0 aromatic carbocycles. The number of carbonyl (C=O) groups excluding carboxylic acids is 1. The Morgan fingerprint density at radius 1 is 0.968 bits per heavy atom. The lowest BCUT2D eigenvalue weighted by Crippen LogP contribution is -2.49. The fourth-order valence-corrected chi connectivity index (χ4v) is 25.0. The smallest absolute Gasteiger partial charge is 0.333 e. The van der Waals surface area contributed by atoms with Gasteiger partial charge in [0.15, 0.2) is 16.6 Å². The van der Waals surface area contributed by atoms with E-state index in [0.29, 0.717) is 27.4 Å². The summed E-state index contributed by atoms with van der Waals surface area (Å²) in [5, 5.41) is 0. The molecule has 0 radical (unpaired) electrons. The van der Waals surface area contributed by atoms with E-state index in [-0.39, 0.29) is 11.6 Å². The second-order valence-electron chi connectivity index (χ2n) is 10.7. The molecule has 0 spiro atoms. The van der Waals surface area contributed by atoms with Gasteiger partial charge in [0.2, 0.25) is 0 Å². The third-order valence-electron chi connectivity index (χ3n) is 5.30. The average Bonchev–Trinajstić information content (AvgIpc) is 2.61. The lowest BCUT2D eigenvalue weighted by molar-refractivity contribution is -0.139. The van der Waals surface area contributed by atoms with Crippen LogP contribution in [0.1, 0.15) is 19.8 Å². The predicted octanol–water partition coefficient (Wildman–Crippen LogP) is 6.56. The normalized spacial score (nSPS) is 14.6. The average molecular weight is 525 g/mol. The first kappa shape index (κ1) is 31.6. The summed E-state index contributed by atoms with van der Waals surface area (Å²) in [6.45, 7) is 26.3. The van der Waals surface area contributed by atoms with Crippen LogP contribution in [-0.4, -0.2) is 75.6 Å². The summed E-state index contributed by atoms with van der Waals surface area (Å²) in [5.41, 5.74) is 2.10. The van der Waals surface area contributed by atoms with E-state index >= 15 is 0 Å². The van der Waals surface area contributed by atoms with Crippen molar-refractivity contribution in [3.8, 4) is 0 Å². The molecule has 0 heterocycles. The van der Waals surface area contributed by atoms with Gasteiger partial charge < -0.3 is 13.6 Å². The predicted molar refractivity (Wildman–Crippen MR) is 151 cm³/mol. The van der Waals surface area contributed by atoms with Crippen LogP contribution >= 0.6 is 17.2 Å². The fraction of sp³-hybridized carbons (Fsp3) is 0.864. The lowest BCUT2D eigenvalue weighted by Gasteiger charge is -2.38. The van der Waals surface area contributed by atoms with E-state index in [2.05, 4.69) is 59.2 Å². The maximum Gasteiger partial charge on any atom is 0.333 e. The Labute approximate surface area is 199 Å². The second-order valence-corrected chi connectivity index (χ2v) is 27.9. The van der Waals surface area contributed by atoms with Crippen LogP contribution in [0.25, 0.3) is 0 Å². The van der Waals surface area contributed by atoms with Crippen LogP contribution < -0.4 is 0 Å². The van der Waals surface area contributed by atoms with Crippen LogP contribution in [0.3, 0.4) is 0 Å². The van der Waals surface area contributed by atoms with Crippen molar-refractivity contribution in [2.75, 3.05) is 39.3 Å². The number of rotatable bonds is 18. The van der Waals surface area contributed by atoms with Gasteiger partial charge in [0.05, 0.1) is 6.61 Å². The van der Waals surface area contributed by atoms with Gasteiger partial charge in [-0.05, 0) is 70.7 Å². The first-order valence-corrected chi connectivity index (χ1v) is 24.6. The zero-order valence-corrected chi connectivity index (χ0v) is 26.8. The Morgan fingerprint density at radius 2 is 1.61 bits per heavy atom. The van der Waals surface area contributed by atoms with Crippen molar-refractivity contribution in [3.05, 3.63) is 12.2 Å². The molecule has 9 heteroatoms.